The molecule has 2 aromatic rings. The van der Waals surface area contributed by atoms with Crippen molar-refractivity contribution in [3.05, 3.63) is 53.5 Å². The number of nitrogens with zero attached hydrogens (tertiary/aromatic N) is 2. The number of para-hydroxylation sites is 1. The maximum atomic E-state index is 13.6. The lowest BCUT2D eigenvalue weighted by molar-refractivity contribution is -0.137. The summed E-state index contributed by atoms with van der Waals surface area (Å²) in [6.45, 7) is 4.55. The Labute approximate surface area is 166 Å². The second kappa shape index (κ2) is 6.66. The average molecular weight is 380 g/mol. The number of hydrogen-bond acceptors (Lipinski definition) is 4. The molecule has 0 radical (unpaired) electrons. The van der Waals surface area contributed by atoms with E-state index in [2.05, 4.69) is 34.9 Å². The highest BCUT2D eigenvalue weighted by atomic mass is 16.5. The lowest BCUT2D eigenvalue weighted by Crippen LogP contribution is -2.49. The van der Waals surface area contributed by atoms with Crippen molar-refractivity contribution in [3.63, 3.8) is 0 Å². The Morgan fingerprint density at radius 1 is 1.25 bits per heavy atom. The predicted molar refractivity (Wildman–Crippen MR) is 106 cm³/mol. The van der Waals surface area contributed by atoms with Gasteiger partial charge < -0.3 is 14.1 Å². The number of rotatable bonds is 5. The van der Waals surface area contributed by atoms with Gasteiger partial charge in [-0.2, -0.15) is 0 Å². The molecular weight excluding hydrogens is 352 g/mol. The van der Waals surface area contributed by atoms with Crippen LogP contribution in [0.15, 0.2) is 40.8 Å². The Morgan fingerprint density at radius 3 is 2.89 bits per heavy atom. The lowest BCUT2D eigenvalue weighted by atomic mass is 9.85. The number of amides is 1. The molecular formula is C23H28N2O3. The normalized spacial score (nSPS) is 29.4. The van der Waals surface area contributed by atoms with Crippen LogP contribution in [0.2, 0.25) is 0 Å². The zero-order valence-corrected chi connectivity index (χ0v) is 16.7. The summed E-state index contributed by atoms with van der Waals surface area (Å²) in [7, 11) is 1.69. The standard InChI is InChI=1S/C23H28N2O3/c1-3-18-9-10-21(28-18)19-13-17-15-24(14-16-7-4-5-8-20(16)27-2)22(26)23(17)11-6-12-25(19)23/h4-5,7-10,17,19H,3,6,11-15H2,1-2H3/t17-,19-,23-/m0/s1. The van der Waals surface area contributed by atoms with Crippen LogP contribution in [0, 0.1) is 5.92 Å². The fourth-order valence-corrected chi connectivity index (χ4v) is 5.79. The lowest BCUT2D eigenvalue weighted by Gasteiger charge is -2.33. The summed E-state index contributed by atoms with van der Waals surface area (Å²) < 4.78 is 11.6. The molecule has 5 nitrogen and oxygen atoms in total. The SMILES string of the molecule is CCc1ccc([C@@H]2C[C@H]3CN(Cc4ccccc4OC)C(=O)[C@]34CCCN24)o1. The van der Waals surface area contributed by atoms with E-state index in [9.17, 15) is 4.79 Å². The Hall–Kier alpha value is -2.27. The molecule has 3 aliphatic heterocycles. The molecule has 0 bridgehead atoms. The average Bonchev–Trinajstić information content (AvgIpc) is 3.46. The van der Waals surface area contributed by atoms with E-state index in [4.69, 9.17) is 9.15 Å². The van der Waals surface area contributed by atoms with Crippen molar-refractivity contribution in [2.45, 2.75) is 50.7 Å². The first-order valence-corrected chi connectivity index (χ1v) is 10.4. The third kappa shape index (κ3) is 2.45. The van der Waals surface area contributed by atoms with Crippen LogP contribution in [0.25, 0.3) is 0 Å². The molecule has 1 aromatic carbocycles. The number of methoxy groups -OCH3 is 1. The number of hydrogen-bond donors (Lipinski definition) is 0. The summed E-state index contributed by atoms with van der Waals surface area (Å²) in [6, 6.07) is 12.5. The van der Waals surface area contributed by atoms with Gasteiger partial charge in [-0.3, -0.25) is 9.69 Å². The van der Waals surface area contributed by atoms with Gasteiger partial charge in [-0.05, 0) is 37.5 Å². The first-order chi connectivity index (χ1) is 13.7. The van der Waals surface area contributed by atoms with E-state index in [0.717, 1.165) is 61.6 Å². The summed E-state index contributed by atoms with van der Waals surface area (Å²) in [5, 5.41) is 0. The minimum Gasteiger partial charge on any atom is -0.496 e. The number of carbonyl (C=O) groups is 1. The molecule has 5 heteroatoms. The van der Waals surface area contributed by atoms with Gasteiger partial charge in [-0.15, -0.1) is 0 Å². The van der Waals surface area contributed by atoms with E-state index in [-0.39, 0.29) is 11.6 Å². The van der Waals surface area contributed by atoms with Gasteiger partial charge in [0.15, 0.2) is 0 Å². The summed E-state index contributed by atoms with van der Waals surface area (Å²) >= 11 is 0. The third-order valence-electron chi connectivity index (χ3n) is 7.04. The molecule has 1 aromatic heterocycles. The van der Waals surface area contributed by atoms with E-state index in [1.807, 2.05) is 18.2 Å². The quantitative estimate of drug-likeness (QED) is 0.792. The predicted octanol–water partition coefficient (Wildman–Crippen LogP) is 3.79. The van der Waals surface area contributed by atoms with Gasteiger partial charge in [0.05, 0.1) is 13.2 Å². The zero-order valence-electron chi connectivity index (χ0n) is 16.7. The summed E-state index contributed by atoms with van der Waals surface area (Å²) in [6.07, 6.45) is 3.97. The molecule has 148 valence electrons. The van der Waals surface area contributed by atoms with Crippen LogP contribution in [0.5, 0.6) is 5.75 Å². The highest BCUT2D eigenvalue weighted by Crippen LogP contribution is 2.56. The Morgan fingerprint density at radius 2 is 2.11 bits per heavy atom. The van der Waals surface area contributed by atoms with Gasteiger partial charge in [0, 0.05) is 37.5 Å². The fourth-order valence-electron chi connectivity index (χ4n) is 5.79. The molecule has 0 saturated carbocycles. The minimum atomic E-state index is -0.328. The van der Waals surface area contributed by atoms with E-state index < -0.39 is 0 Å². The van der Waals surface area contributed by atoms with Crippen molar-refractivity contribution in [3.8, 4) is 5.75 Å². The Bertz CT molecular complexity index is 891. The van der Waals surface area contributed by atoms with Crippen LogP contribution in [0.1, 0.15) is 49.3 Å². The van der Waals surface area contributed by atoms with Crippen LogP contribution in [0.3, 0.4) is 0 Å². The van der Waals surface area contributed by atoms with Crippen molar-refractivity contribution < 1.29 is 13.9 Å². The first-order valence-electron chi connectivity index (χ1n) is 10.4. The number of ether oxygens (including phenoxy) is 1. The topological polar surface area (TPSA) is 45.9 Å². The maximum Gasteiger partial charge on any atom is 0.243 e. The number of furan rings is 1. The van der Waals surface area contributed by atoms with Crippen LogP contribution in [0.4, 0.5) is 0 Å². The summed E-state index contributed by atoms with van der Waals surface area (Å²) in [4.78, 5) is 18.2. The number of benzene rings is 1. The van der Waals surface area contributed by atoms with Crippen molar-refractivity contribution in [1.82, 2.24) is 9.80 Å². The fraction of sp³-hybridized carbons (Fsp3) is 0.522. The van der Waals surface area contributed by atoms with Crippen LogP contribution in [-0.2, 0) is 17.8 Å². The van der Waals surface area contributed by atoms with Crippen molar-refractivity contribution >= 4 is 5.91 Å². The molecule has 28 heavy (non-hydrogen) atoms. The molecule has 5 rings (SSSR count). The summed E-state index contributed by atoms with van der Waals surface area (Å²) in [5.74, 6) is 3.60. The van der Waals surface area contributed by atoms with Crippen molar-refractivity contribution in [1.29, 1.82) is 0 Å². The van der Waals surface area contributed by atoms with Gasteiger partial charge in [0.1, 0.15) is 22.8 Å². The van der Waals surface area contributed by atoms with Crippen LogP contribution in [-0.4, -0.2) is 41.4 Å². The van der Waals surface area contributed by atoms with Gasteiger partial charge in [0.2, 0.25) is 5.91 Å². The van der Waals surface area contributed by atoms with E-state index in [0.29, 0.717) is 18.4 Å². The Kier molecular flexibility index (Phi) is 4.23. The molecule has 3 fully saturated rings. The smallest absolute Gasteiger partial charge is 0.243 e. The molecule has 0 N–H and O–H groups in total. The second-order valence-electron chi connectivity index (χ2n) is 8.32. The number of aryl methyl sites for hydroxylation is 1. The third-order valence-corrected chi connectivity index (χ3v) is 7.04. The van der Waals surface area contributed by atoms with Crippen molar-refractivity contribution in [2.75, 3.05) is 20.2 Å². The molecule has 0 aliphatic carbocycles. The van der Waals surface area contributed by atoms with Gasteiger partial charge in [-0.25, -0.2) is 0 Å². The highest BCUT2D eigenvalue weighted by Gasteiger charge is 2.65. The van der Waals surface area contributed by atoms with Gasteiger partial charge in [-0.1, -0.05) is 25.1 Å². The molecule has 1 amide bonds. The molecule has 1 spiro atoms. The molecule has 0 unspecified atom stereocenters. The molecule has 3 aliphatic rings. The van der Waals surface area contributed by atoms with E-state index in [1.54, 1.807) is 7.11 Å². The van der Waals surface area contributed by atoms with E-state index in [1.165, 1.54) is 0 Å². The first kappa shape index (κ1) is 17.8. The molecule has 4 heterocycles. The minimum absolute atomic E-state index is 0.241. The Balaban J connectivity index is 1.41. The van der Waals surface area contributed by atoms with Crippen LogP contribution >= 0.6 is 0 Å². The van der Waals surface area contributed by atoms with E-state index >= 15 is 0 Å². The van der Waals surface area contributed by atoms with Gasteiger partial charge >= 0.3 is 0 Å². The largest absolute Gasteiger partial charge is 0.496 e. The van der Waals surface area contributed by atoms with Gasteiger partial charge in [0.25, 0.3) is 0 Å². The number of likely N-dealkylation sites (tertiary alicyclic amines) is 1. The van der Waals surface area contributed by atoms with Crippen molar-refractivity contribution in [2.24, 2.45) is 5.92 Å². The summed E-state index contributed by atoms with van der Waals surface area (Å²) in [5.41, 5.74) is 0.751. The molecule has 3 atom stereocenters. The second-order valence-corrected chi connectivity index (χ2v) is 8.32. The number of carbonyl (C=O) groups excluding carboxylic acids is 1. The van der Waals surface area contributed by atoms with Crippen LogP contribution < -0.4 is 4.74 Å². The highest BCUT2D eigenvalue weighted by molar-refractivity contribution is 5.90. The zero-order chi connectivity index (χ0) is 19.3. The monoisotopic (exact) mass is 380 g/mol. The molecule has 3 saturated heterocycles. The maximum absolute atomic E-state index is 13.6.